The van der Waals surface area contributed by atoms with E-state index in [1.807, 2.05) is 4.90 Å². The molecule has 3 aromatic heterocycles. The Morgan fingerprint density at radius 1 is 1.06 bits per heavy atom. The van der Waals surface area contributed by atoms with Crippen LogP contribution < -0.4 is 4.90 Å². The highest BCUT2D eigenvalue weighted by atomic mass is 16.5. The van der Waals surface area contributed by atoms with Crippen LogP contribution in [0.2, 0.25) is 0 Å². The standard InChI is InChI=1S/C23H32N4O4/c1-12(2)18-16-10-30-23(5,6)7-15(16)17-19-20(31-22(17)26-18)21(25-11-24-19)27(8-13(3)28)9-14(4)29/h11-14,28-29H,7-10H2,1-6H3/t13-,14+. The number of anilines is 1. The monoisotopic (exact) mass is 428 g/mol. The SMILES string of the molecule is CC(C)c1nc2oc3c(N(C[C@H](C)O)C[C@@H](C)O)ncnc3c2c2c1COC(C)(C)C2. The van der Waals surface area contributed by atoms with E-state index in [4.69, 9.17) is 14.1 Å². The summed E-state index contributed by atoms with van der Waals surface area (Å²) in [6, 6.07) is 0. The molecule has 0 saturated heterocycles. The first-order valence-corrected chi connectivity index (χ1v) is 10.9. The van der Waals surface area contributed by atoms with Gasteiger partial charge in [0.2, 0.25) is 5.71 Å². The second-order valence-corrected chi connectivity index (χ2v) is 9.59. The van der Waals surface area contributed by atoms with E-state index >= 15 is 0 Å². The molecule has 8 nitrogen and oxygen atoms in total. The number of ether oxygens (including phenoxy) is 1. The zero-order valence-corrected chi connectivity index (χ0v) is 19.1. The summed E-state index contributed by atoms with van der Waals surface area (Å²) in [7, 11) is 0. The van der Waals surface area contributed by atoms with Crippen molar-refractivity contribution >= 4 is 28.0 Å². The quantitative estimate of drug-likeness (QED) is 0.616. The van der Waals surface area contributed by atoms with Gasteiger partial charge in [0.1, 0.15) is 11.8 Å². The normalized spacial score (nSPS) is 17.8. The maximum atomic E-state index is 10.00. The molecule has 0 radical (unpaired) electrons. The Balaban J connectivity index is 1.99. The summed E-state index contributed by atoms with van der Waals surface area (Å²) in [5.74, 6) is 0.777. The van der Waals surface area contributed by atoms with E-state index in [1.54, 1.807) is 13.8 Å². The second kappa shape index (κ2) is 8.00. The van der Waals surface area contributed by atoms with Crippen molar-refractivity contribution in [2.45, 2.75) is 78.3 Å². The van der Waals surface area contributed by atoms with Gasteiger partial charge in [-0.1, -0.05) is 13.8 Å². The van der Waals surface area contributed by atoms with Gasteiger partial charge in [0.05, 0.1) is 35.5 Å². The van der Waals surface area contributed by atoms with Crippen molar-refractivity contribution < 1.29 is 19.4 Å². The van der Waals surface area contributed by atoms with E-state index < -0.39 is 12.2 Å². The highest BCUT2D eigenvalue weighted by molar-refractivity contribution is 6.06. The number of furan rings is 1. The number of hydrogen-bond acceptors (Lipinski definition) is 8. The zero-order chi connectivity index (χ0) is 22.5. The minimum Gasteiger partial charge on any atom is -0.432 e. The van der Waals surface area contributed by atoms with Crippen molar-refractivity contribution in [3.8, 4) is 0 Å². The highest BCUT2D eigenvalue weighted by Crippen LogP contribution is 2.41. The smallest absolute Gasteiger partial charge is 0.229 e. The second-order valence-electron chi connectivity index (χ2n) is 9.59. The lowest BCUT2D eigenvalue weighted by molar-refractivity contribution is -0.0402. The molecule has 1 aliphatic heterocycles. The van der Waals surface area contributed by atoms with Gasteiger partial charge >= 0.3 is 0 Å². The van der Waals surface area contributed by atoms with Crippen LogP contribution in [0.4, 0.5) is 5.82 Å². The number of hydrogen-bond donors (Lipinski definition) is 2. The summed E-state index contributed by atoms with van der Waals surface area (Å²) in [5, 5.41) is 20.9. The third-order valence-electron chi connectivity index (χ3n) is 5.66. The van der Waals surface area contributed by atoms with E-state index in [0.717, 1.165) is 23.1 Å². The molecule has 3 aromatic rings. The Hall–Kier alpha value is -2.29. The number of rotatable bonds is 6. The third-order valence-corrected chi connectivity index (χ3v) is 5.66. The molecule has 0 fully saturated rings. The van der Waals surface area contributed by atoms with Crippen LogP contribution in [0.3, 0.4) is 0 Å². The average molecular weight is 429 g/mol. The van der Waals surface area contributed by atoms with Crippen LogP contribution in [0.15, 0.2) is 10.7 Å². The van der Waals surface area contributed by atoms with Crippen LogP contribution in [0.5, 0.6) is 0 Å². The van der Waals surface area contributed by atoms with Gasteiger partial charge in [0, 0.05) is 25.1 Å². The van der Waals surface area contributed by atoms with Crippen LogP contribution in [0, 0.1) is 0 Å². The van der Waals surface area contributed by atoms with Gasteiger partial charge in [-0.25, -0.2) is 15.0 Å². The summed E-state index contributed by atoms with van der Waals surface area (Å²) >= 11 is 0. The molecule has 0 bridgehead atoms. The summed E-state index contributed by atoms with van der Waals surface area (Å²) in [6.07, 6.45) is 1.06. The number of aliphatic hydroxyl groups excluding tert-OH is 2. The predicted octanol–water partition coefficient (Wildman–Crippen LogP) is 3.31. The molecule has 0 saturated carbocycles. The Morgan fingerprint density at radius 2 is 1.74 bits per heavy atom. The van der Waals surface area contributed by atoms with Crippen LogP contribution >= 0.6 is 0 Å². The molecular formula is C23H32N4O4. The van der Waals surface area contributed by atoms with Gasteiger partial charge in [-0.2, -0.15) is 0 Å². The predicted molar refractivity (Wildman–Crippen MR) is 119 cm³/mol. The first kappa shape index (κ1) is 21.9. The van der Waals surface area contributed by atoms with Crippen LogP contribution in [-0.4, -0.2) is 56.1 Å². The lowest BCUT2D eigenvalue weighted by atomic mass is 9.87. The average Bonchev–Trinajstić information content (AvgIpc) is 3.04. The largest absolute Gasteiger partial charge is 0.432 e. The van der Waals surface area contributed by atoms with Crippen molar-refractivity contribution in [2.24, 2.45) is 0 Å². The molecular weight excluding hydrogens is 396 g/mol. The van der Waals surface area contributed by atoms with Gasteiger partial charge in [0.15, 0.2) is 11.4 Å². The van der Waals surface area contributed by atoms with Crippen molar-refractivity contribution in [3.05, 3.63) is 23.1 Å². The first-order chi connectivity index (χ1) is 14.6. The third kappa shape index (κ3) is 4.12. The maximum absolute atomic E-state index is 10.00. The molecule has 0 unspecified atom stereocenters. The van der Waals surface area contributed by atoms with Gasteiger partial charge in [-0.15, -0.1) is 0 Å². The van der Waals surface area contributed by atoms with Crippen molar-refractivity contribution in [1.82, 2.24) is 15.0 Å². The van der Waals surface area contributed by atoms with Gasteiger partial charge in [-0.05, 0) is 39.2 Å². The fourth-order valence-corrected chi connectivity index (χ4v) is 4.41. The molecule has 168 valence electrons. The molecule has 31 heavy (non-hydrogen) atoms. The van der Waals surface area contributed by atoms with Crippen molar-refractivity contribution in [3.63, 3.8) is 0 Å². The molecule has 2 N–H and O–H groups in total. The molecule has 0 aliphatic carbocycles. The van der Waals surface area contributed by atoms with E-state index in [9.17, 15) is 10.2 Å². The van der Waals surface area contributed by atoms with Crippen LogP contribution in [-0.2, 0) is 17.8 Å². The Labute approximate surface area is 182 Å². The zero-order valence-electron chi connectivity index (χ0n) is 19.1. The summed E-state index contributed by atoms with van der Waals surface area (Å²) < 4.78 is 12.4. The summed E-state index contributed by atoms with van der Waals surface area (Å²) in [6.45, 7) is 13.0. The van der Waals surface area contributed by atoms with Crippen molar-refractivity contribution in [1.29, 1.82) is 0 Å². The molecule has 0 amide bonds. The molecule has 0 aromatic carbocycles. The number of aromatic nitrogens is 3. The minimum atomic E-state index is -0.593. The van der Waals surface area contributed by atoms with Gasteiger partial charge in [-0.3, -0.25) is 0 Å². The number of nitrogens with zero attached hydrogens (tertiary/aromatic N) is 4. The fraction of sp³-hybridized carbons (Fsp3) is 0.609. The Bertz CT molecular complexity index is 1090. The summed E-state index contributed by atoms with van der Waals surface area (Å²) in [4.78, 5) is 15.7. The van der Waals surface area contributed by atoms with Crippen LogP contribution in [0.1, 0.15) is 64.3 Å². The van der Waals surface area contributed by atoms with Crippen molar-refractivity contribution in [2.75, 3.05) is 18.0 Å². The van der Waals surface area contributed by atoms with Gasteiger partial charge < -0.3 is 24.3 Å². The number of fused-ring (bicyclic) bond motifs is 5. The van der Waals surface area contributed by atoms with Crippen LogP contribution in [0.25, 0.3) is 22.2 Å². The first-order valence-electron chi connectivity index (χ1n) is 10.9. The molecule has 8 heteroatoms. The Kier molecular flexibility index (Phi) is 5.66. The molecule has 0 spiro atoms. The topological polar surface area (TPSA) is 105 Å². The lowest BCUT2D eigenvalue weighted by Gasteiger charge is -2.33. The van der Waals surface area contributed by atoms with E-state index in [-0.39, 0.29) is 11.5 Å². The van der Waals surface area contributed by atoms with Gasteiger partial charge in [0.25, 0.3) is 0 Å². The Morgan fingerprint density at radius 3 is 2.35 bits per heavy atom. The maximum Gasteiger partial charge on any atom is 0.229 e. The van der Waals surface area contributed by atoms with E-state index in [1.165, 1.54) is 11.9 Å². The fourth-order valence-electron chi connectivity index (χ4n) is 4.41. The molecule has 4 heterocycles. The molecule has 1 aliphatic rings. The minimum absolute atomic E-state index is 0.226. The molecule has 2 atom stereocenters. The van der Waals surface area contributed by atoms with E-state index in [0.29, 0.717) is 42.3 Å². The lowest BCUT2D eigenvalue weighted by Crippen LogP contribution is -2.37. The number of pyridine rings is 1. The summed E-state index contributed by atoms with van der Waals surface area (Å²) in [5.41, 5.74) is 4.76. The number of aliphatic hydroxyl groups is 2. The van der Waals surface area contributed by atoms with E-state index in [2.05, 4.69) is 37.7 Å². The molecule has 4 rings (SSSR count). The highest BCUT2D eigenvalue weighted by Gasteiger charge is 2.33.